The fourth-order valence-corrected chi connectivity index (χ4v) is 2.69. The first kappa shape index (κ1) is 11.5. The highest BCUT2D eigenvalue weighted by atomic mass is 16.3. The van der Waals surface area contributed by atoms with Crippen LogP contribution in [-0.2, 0) is 19.4 Å². The lowest BCUT2D eigenvalue weighted by Gasteiger charge is -2.15. The molecule has 0 radical (unpaired) electrons. The largest absolute Gasteiger partial charge is 0.460 e. The second kappa shape index (κ2) is 4.99. The van der Waals surface area contributed by atoms with Gasteiger partial charge in [0.2, 0.25) is 0 Å². The van der Waals surface area contributed by atoms with E-state index in [9.17, 15) is 0 Å². The van der Waals surface area contributed by atoms with Gasteiger partial charge in [-0.15, -0.1) is 0 Å². The van der Waals surface area contributed by atoms with Gasteiger partial charge in [0.1, 0.15) is 11.5 Å². The highest BCUT2D eigenvalue weighted by Crippen LogP contribution is 2.28. The van der Waals surface area contributed by atoms with E-state index in [1.54, 1.807) is 0 Å². The molecule has 0 aliphatic heterocycles. The van der Waals surface area contributed by atoms with E-state index in [-0.39, 0.29) is 0 Å². The molecule has 94 valence electrons. The number of benzene rings is 1. The van der Waals surface area contributed by atoms with Gasteiger partial charge in [0.25, 0.3) is 0 Å². The molecule has 0 saturated heterocycles. The van der Waals surface area contributed by atoms with Crippen LogP contribution in [0.5, 0.6) is 0 Å². The van der Waals surface area contributed by atoms with Gasteiger partial charge in [0.15, 0.2) is 0 Å². The van der Waals surface area contributed by atoms with Crippen molar-refractivity contribution in [2.75, 3.05) is 7.05 Å². The first-order valence-corrected chi connectivity index (χ1v) is 6.72. The summed E-state index contributed by atoms with van der Waals surface area (Å²) in [5.74, 6) is 1.97. The maximum atomic E-state index is 5.84. The molecule has 0 bridgehead atoms. The summed E-state index contributed by atoms with van der Waals surface area (Å²) in [6.45, 7) is 0.783. The Kier molecular flexibility index (Phi) is 3.20. The molecule has 0 saturated carbocycles. The molecule has 0 unspecified atom stereocenters. The molecule has 0 atom stereocenters. The lowest BCUT2D eigenvalue weighted by atomic mass is 9.90. The zero-order valence-corrected chi connectivity index (χ0v) is 10.8. The Morgan fingerprint density at radius 2 is 1.89 bits per heavy atom. The van der Waals surface area contributed by atoms with Crippen molar-refractivity contribution in [3.05, 3.63) is 47.2 Å². The van der Waals surface area contributed by atoms with Crippen molar-refractivity contribution >= 4 is 0 Å². The van der Waals surface area contributed by atoms with E-state index in [4.69, 9.17) is 4.42 Å². The standard InChI is InChI=1S/C16H19NO/c1-17-11-15-8-9-16(18-15)14-7-6-12-4-2-3-5-13(12)10-14/h6-10,17H,2-5,11H2,1H3. The maximum Gasteiger partial charge on any atom is 0.134 e. The van der Waals surface area contributed by atoms with Gasteiger partial charge in [-0.2, -0.15) is 0 Å². The van der Waals surface area contributed by atoms with Gasteiger partial charge in [-0.25, -0.2) is 0 Å². The minimum Gasteiger partial charge on any atom is -0.460 e. The van der Waals surface area contributed by atoms with E-state index in [1.807, 2.05) is 13.1 Å². The maximum absolute atomic E-state index is 5.84. The molecular weight excluding hydrogens is 222 g/mol. The van der Waals surface area contributed by atoms with Crippen molar-refractivity contribution in [1.82, 2.24) is 5.32 Å². The Morgan fingerprint density at radius 1 is 1.06 bits per heavy atom. The van der Waals surface area contributed by atoms with E-state index >= 15 is 0 Å². The third-order valence-corrected chi connectivity index (χ3v) is 3.65. The van der Waals surface area contributed by atoms with Crippen LogP contribution >= 0.6 is 0 Å². The summed E-state index contributed by atoms with van der Waals surface area (Å²) in [4.78, 5) is 0. The molecular formula is C16H19NO. The molecule has 18 heavy (non-hydrogen) atoms. The predicted molar refractivity (Wildman–Crippen MR) is 73.5 cm³/mol. The van der Waals surface area contributed by atoms with Crippen molar-refractivity contribution in [1.29, 1.82) is 0 Å². The van der Waals surface area contributed by atoms with Gasteiger partial charge in [0.05, 0.1) is 6.54 Å². The van der Waals surface area contributed by atoms with Gasteiger partial charge in [-0.1, -0.05) is 12.1 Å². The number of furan rings is 1. The lowest BCUT2D eigenvalue weighted by Crippen LogP contribution is -2.03. The van der Waals surface area contributed by atoms with E-state index < -0.39 is 0 Å². The summed E-state index contributed by atoms with van der Waals surface area (Å²) in [5, 5.41) is 3.10. The van der Waals surface area contributed by atoms with E-state index in [0.29, 0.717) is 0 Å². The van der Waals surface area contributed by atoms with Crippen LogP contribution in [0, 0.1) is 0 Å². The first-order valence-electron chi connectivity index (χ1n) is 6.72. The molecule has 2 aromatic rings. The van der Waals surface area contributed by atoms with E-state index in [2.05, 4.69) is 29.6 Å². The fourth-order valence-electron chi connectivity index (χ4n) is 2.69. The number of nitrogens with one attached hydrogen (secondary N) is 1. The Morgan fingerprint density at radius 3 is 2.72 bits per heavy atom. The van der Waals surface area contributed by atoms with Gasteiger partial charge in [-0.3, -0.25) is 0 Å². The highest BCUT2D eigenvalue weighted by molar-refractivity contribution is 5.60. The van der Waals surface area contributed by atoms with Crippen LogP contribution in [0.4, 0.5) is 0 Å². The normalized spacial score (nSPS) is 14.5. The van der Waals surface area contributed by atoms with Gasteiger partial charge in [0, 0.05) is 5.56 Å². The monoisotopic (exact) mass is 241 g/mol. The summed E-state index contributed by atoms with van der Waals surface area (Å²) in [6.07, 6.45) is 5.10. The minimum absolute atomic E-state index is 0.783. The van der Waals surface area contributed by atoms with E-state index in [1.165, 1.54) is 42.4 Å². The Labute approximate surface area is 108 Å². The molecule has 1 aliphatic rings. The van der Waals surface area contributed by atoms with Crippen molar-refractivity contribution < 1.29 is 4.42 Å². The van der Waals surface area contributed by atoms with Crippen LogP contribution in [0.1, 0.15) is 29.7 Å². The summed E-state index contributed by atoms with van der Waals surface area (Å²) >= 11 is 0. The topological polar surface area (TPSA) is 25.2 Å². The first-order chi connectivity index (χ1) is 8.86. The third-order valence-electron chi connectivity index (χ3n) is 3.65. The quantitative estimate of drug-likeness (QED) is 0.889. The van der Waals surface area contributed by atoms with Crippen molar-refractivity contribution in [3.63, 3.8) is 0 Å². The zero-order valence-electron chi connectivity index (χ0n) is 10.8. The summed E-state index contributed by atoms with van der Waals surface area (Å²) in [7, 11) is 1.93. The van der Waals surface area contributed by atoms with Gasteiger partial charge < -0.3 is 9.73 Å². The van der Waals surface area contributed by atoms with Crippen LogP contribution < -0.4 is 5.32 Å². The zero-order chi connectivity index (χ0) is 12.4. The molecule has 1 aromatic heterocycles. The van der Waals surface area contributed by atoms with Crippen LogP contribution in [0.15, 0.2) is 34.7 Å². The summed E-state index contributed by atoms with van der Waals surface area (Å²) in [5.41, 5.74) is 4.23. The van der Waals surface area contributed by atoms with Crippen LogP contribution in [0.3, 0.4) is 0 Å². The molecule has 1 aliphatic carbocycles. The number of hydrogen-bond donors (Lipinski definition) is 1. The number of aryl methyl sites for hydroxylation is 2. The summed E-state index contributed by atoms with van der Waals surface area (Å²) < 4.78 is 5.84. The second-order valence-corrected chi connectivity index (χ2v) is 4.99. The summed E-state index contributed by atoms with van der Waals surface area (Å²) in [6, 6.07) is 10.9. The van der Waals surface area contributed by atoms with E-state index in [0.717, 1.165) is 18.1 Å². The lowest BCUT2D eigenvalue weighted by molar-refractivity contribution is 0.507. The van der Waals surface area contributed by atoms with Gasteiger partial charge >= 0.3 is 0 Å². The smallest absolute Gasteiger partial charge is 0.134 e. The predicted octanol–water partition coefficient (Wildman–Crippen LogP) is 3.54. The highest BCUT2D eigenvalue weighted by Gasteiger charge is 2.11. The van der Waals surface area contributed by atoms with Crippen LogP contribution in [-0.4, -0.2) is 7.05 Å². The number of fused-ring (bicyclic) bond motifs is 1. The molecule has 3 rings (SSSR count). The third kappa shape index (κ3) is 2.21. The molecule has 2 heteroatoms. The molecule has 2 nitrogen and oxygen atoms in total. The second-order valence-electron chi connectivity index (χ2n) is 4.99. The van der Waals surface area contributed by atoms with Crippen LogP contribution in [0.25, 0.3) is 11.3 Å². The van der Waals surface area contributed by atoms with Crippen molar-refractivity contribution in [2.24, 2.45) is 0 Å². The number of hydrogen-bond acceptors (Lipinski definition) is 2. The SMILES string of the molecule is CNCc1ccc(-c2ccc3c(c2)CCCC3)o1. The fraction of sp³-hybridized carbons (Fsp3) is 0.375. The average Bonchev–Trinajstić information content (AvgIpc) is 2.87. The molecule has 1 heterocycles. The van der Waals surface area contributed by atoms with Crippen molar-refractivity contribution in [2.45, 2.75) is 32.2 Å². The Hall–Kier alpha value is -1.54. The molecule has 1 N–H and O–H groups in total. The minimum atomic E-state index is 0.783. The Bertz CT molecular complexity index is 542. The van der Waals surface area contributed by atoms with Crippen LogP contribution in [0.2, 0.25) is 0 Å². The molecule has 0 fully saturated rings. The van der Waals surface area contributed by atoms with Crippen molar-refractivity contribution in [3.8, 4) is 11.3 Å². The average molecular weight is 241 g/mol. The van der Waals surface area contributed by atoms with Gasteiger partial charge in [-0.05, 0) is 62.1 Å². The number of rotatable bonds is 3. The molecule has 0 spiro atoms. The molecule has 1 aromatic carbocycles. The Balaban J connectivity index is 1.91. The molecule has 0 amide bonds.